The van der Waals surface area contributed by atoms with E-state index in [1.165, 1.54) is 16.7 Å². The predicted molar refractivity (Wildman–Crippen MR) is 97.0 cm³/mol. The fraction of sp³-hybridized carbons (Fsp3) is 0.450. The molecule has 0 saturated heterocycles. The highest BCUT2D eigenvalue weighted by Gasteiger charge is 2.58. The van der Waals surface area contributed by atoms with Crippen molar-refractivity contribution >= 4 is 7.85 Å². The van der Waals surface area contributed by atoms with Crippen LogP contribution in [0.1, 0.15) is 52.2 Å². The van der Waals surface area contributed by atoms with Gasteiger partial charge in [-0.15, -0.1) is 0 Å². The van der Waals surface area contributed by atoms with Gasteiger partial charge in [-0.05, 0) is 33.3 Å². The third kappa shape index (κ3) is 1.76. The minimum Gasteiger partial charge on any atom is -0.256 e. The molecule has 2 heteroatoms. The van der Waals surface area contributed by atoms with E-state index >= 15 is 0 Å². The Kier molecular flexibility index (Phi) is 3.29. The van der Waals surface area contributed by atoms with Crippen molar-refractivity contribution in [3.63, 3.8) is 0 Å². The smallest absolute Gasteiger partial charge is 0.115 e. The molecular formula is C20H26BN. The molecule has 1 aliphatic rings. The summed E-state index contributed by atoms with van der Waals surface area (Å²) in [5.74, 6) is 0. The van der Waals surface area contributed by atoms with Gasteiger partial charge in [0.25, 0.3) is 0 Å². The van der Waals surface area contributed by atoms with Gasteiger partial charge >= 0.3 is 0 Å². The lowest BCUT2D eigenvalue weighted by atomic mass is 9.48. The van der Waals surface area contributed by atoms with Gasteiger partial charge in [0.2, 0.25) is 0 Å². The van der Waals surface area contributed by atoms with Gasteiger partial charge in [-0.2, -0.15) is 0 Å². The zero-order valence-corrected chi connectivity index (χ0v) is 14.7. The minimum absolute atomic E-state index is 0.134. The van der Waals surface area contributed by atoms with Crippen molar-refractivity contribution in [1.82, 2.24) is 4.98 Å². The standard InChI is InChI=1S/C20H26BN/c1-6-20(21)15-12-17(14-10-8-7-9-11-14)22-13-16(15)18(2,3)19(20,4)5/h7-13H,6,21H2,1-5H3. The van der Waals surface area contributed by atoms with Crippen molar-refractivity contribution in [1.29, 1.82) is 0 Å². The molecule has 22 heavy (non-hydrogen) atoms. The molecule has 2 aromatic rings. The average molecular weight is 291 g/mol. The Bertz CT molecular complexity index is 703. The second kappa shape index (κ2) is 4.71. The Balaban J connectivity index is 2.24. The molecule has 1 unspecified atom stereocenters. The van der Waals surface area contributed by atoms with E-state index in [0.717, 1.165) is 12.1 Å². The monoisotopic (exact) mass is 291 g/mol. The summed E-state index contributed by atoms with van der Waals surface area (Å²) in [5.41, 5.74) is 5.53. The van der Waals surface area contributed by atoms with Gasteiger partial charge in [0.1, 0.15) is 7.85 Å². The first-order valence-electron chi connectivity index (χ1n) is 8.32. The first-order chi connectivity index (χ1) is 10.3. The van der Waals surface area contributed by atoms with Crippen molar-refractivity contribution in [2.75, 3.05) is 0 Å². The van der Waals surface area contributed by atoms with Gasteiger partial charge in [0, 0.05) is 11.8 Å². The molecule has 114 valence electrons. The maximum atomic E-state index is 4.78. The van der Waals surface area contributed by atoms with Crippen LogP contribution in [0, 0.1) is 5.41 Å². The molecule has 0 saturated carbocycles. The molecule has 0 radical (unpaired) electrons. The predicted octanol–water partition coefficient (Wildman–Crippen LogP) is 4.30. The number of pyridine rings is 1. The van der Waals surface area contributed by atoms with Gasteiger partial charge in [0.05, 0.1) is 5.69 Å². The molecule has 0 amide bonds. The van der Waals surface area contributed by atoms with Gasteiger partial charge in [-0.3, -0.25) is 4.98 Å². The summed E-state index contributed by atoms with van der Waals surface area (Å²) in [6.07, 6.45) is 3.27. The highest BCUT2D eigenvalue weighted by molar-refractivity contribution is 6.17. The van der Waals surface area contributed by atoms with Crippen LogP contribution >= 0.6 is 0 Å². The second-order valence-electron chi connectivity index (χ2n) is 7.92. The van der Waals surface area contributed by atoms with Crippen molar-refractivity contribution in [3.05, 3.63) is 53.7 Å². The SMILES string of the molecule is BC1(CC)c2cc(-c3ccccc3)ncc2C(C)(C)C1(C)C. The number of benzene rings is 1. The van der Waals surface area contributed by atoms with E-state index in [2.05, 4.69) is 85.1 Å². The van der Waals surface area contributed by atoms with E-state index in [9.17, 15) is 0 Å². The van der Waals surface area contributed by atoms with Crippen LogP contribution in [0.15, 0.2) is 42.6 Å². The third-order valence-electron chi connectivity index (χ3n) is 6.89. The van der Waals surface area contributed by atoms with Crippen LogP contribution < -0.4 is 0 Å². The topological polar surface area (TPSA) is 12.9 Å². The lowest BCUT2D eigenvalue weighted by molar-refractivity contribution is 0.151. The Morgan fingerprint density at radius 1 is 1.00 bits per heavy atom. The summed E-state index contributed by atoms with van der Waals surface area (Å²) in [6, 6.07) is 12.8. The molecule has 0 bridgehead atoms. The van der Waals surface area contributed by atoms with Gasteiger partial charge < -0.3 is 0 Å². The summed E-state index contributed by atoms with van der Waals surface area (Å²) in [7, 11) is 2.43. The summed E-state index contributed by atoms with van der Waals surface area (Å²) in [5, 5.41) is 0.179. The molecule has 1 nitrogen and oxygen atoms in total. The number of hydrogen-bond acceptors (Lipinski definition) is 1. The number of fused-ring (bicyclic) bond motifs is 1. The molecule has 1 aromatic heterocycles. The molecule has 1 aromatic carbocycles. The highest BCUT2D eigenvalue weighted by Crippen LogP contribution is 2.61. The van der Waals surface area contributed by atoms with Gasteiger partial charge in [-0.25, -0.2) is 0 Å². The number of hydrogen-bond donors (Lipinski definition) is 0. The molecule has 1 aliphatic carbocycles. The fourth-order valence-corrected chi connectivity index (χ4v) is 4.17. The second-order valence-corrected chi connectivity index (χ2v) is 7.92. The molecule has 3 rings (SSSR count). The summed E-state index contributed by atoms with van der Waals surface area (Å²) in [6.45, 7) is 11.9. The van der Waals surface area contributed by atoms with E-state index in [4.69, 9.17) is 4.98 Å². The normalized spacial score (nSPS) is 25.0. The van der Waals surface area contributed by atoms with Crippen LogP contribution in [0.5, 0.6) is 0 Å². The minimum atomic E-state index is 0.134. The molecule has 1 heterocycles. The first-order valence-corrected chi connectivity index (χ1v) is 8.32. The van der Waals surface area contributed by atoms with Crippen LogP contribution in [0.4, 0.5) is 0 Å². The lowest BCUT2D eigenvalue weighted by Crippen LogP contribution is -2.46. The quantitative estimate of drug-likeness (QED) is 0.752. The fourth-order valence-electron chi connectivity index (χ4n) is 4.17. The number of nitrogens with zero attached hydrogens (tertiary/aromatic N) is 1. The first kappa shape index (κ1) is 15.3. The Labute approximate surface area is 135 Å². The van der Waals surface area contributed by atoms with E-state index in [1.54, 1.807) is 0 Å². The average Bonchev–Trinajstić information content (AvgIpc) is 2.64. The summed E-state index contributed by atoms with van der Waals surface area (Å²) >= 11 is 0. The van der Waals surface area contributed by atoms with Crippen molar-refractivity contribution < 1.29 is 0 Å². The Morgan fingerprint density at radius 3 is 2.23 bits per heavy atom. The summed E-state index contributed by atoms with van der Waals surface area (Å²) in [4.78, 5) is 4.78. The zero-order chi connectivity index (χ0) is 16.2. The molecule has 0 spiro atoms. The van der Waals surface area contributed by atoms with Crippen LogP contribution in [-0.2, 0) is 10.7 Å². The molecule has 1 atom stereocenters. The molecule has 0 N–H and O–H groups in total. The van der Waals surface area contributed by atoms with Gasteiger partial charge in [-0.1, -0.05) is 71.4 Å². The summed E-state index contributed by atoms with van der Waals surface area (Å²) < 4.78 is 0. The Morgan fingerprint density at radius 2 is 1.64 bits per heavy atom. The Hall–Kier alpha value is -1.57. The van der Waals surface area contributed by atoms with E-state index in [-0.39, 0.29) is 16.1 Å². The van der Waals surface area contributed by atoms with Crippen LogP contribution in [0.25, 0.3) is 11.3 Å². The number of rotatable bonds is 2. The highest BCUT2D eigenvalue weighted by atomic mass is 14.7. The molecule has 0 aliphatic heterocycles. The van der Waals surface area contributed by atoms with Crippen molar-refractivity contribution in [2.24, 2.45) is 5.41 Å². The van der Waals surface area contributed by atoms with Crippen LogP contribution in [-0.4, -0.2) is 12.8 Å². The molecular weight excluding hydrogens is 265 g/mol. The zero-order valence-electron chi connectivity index (χ0n) is 14.7. The largest absolute Gasteiger partial charge is 0.256 e. The van der Waals surface area contributed by atoms with E-state index in [0.29, 0.717) is 0 Å². The number of aromatic nitrogens is 1. The van der Waals surface area contributed by atoms with Crippen LogP contribution in [0.2, 0.25) is 0 Å². The maximum Gasteiger partial charge on any atom is 0.115 e. The lowest BCUT2D eigenvalue weighted by Gasteiger charge is -2.46. The van der Waals surface area contributed by atoms with Crippen molar-refractivity contribution in [2.45, 2.75) is 51.8 Å². The van der Waals surface area contributed by atoms with Crippen LogP contribution in [0.3, 0.4) is 0 Å². The van der Waals surface area contributed by atoms with Gasteiger partial charge in [0.15, 0.2) is 0 Å². The molecule has 0 fully saturated rings. The maximum absolute atomic E-state index is 4.78. The van der Waals surface area contributed by atoms with Crippen molar-refractivity contribution in [3.8, 4) is 11.3 Å². The van der Waals surface area contributed by atoms with E-state index in [1.807, 2.05) is 0 Å². The third-order valence-corrected chi connectivity index (χ3v) is 6.89. The van der Waals surface area contributed by atoms with E-state index < -0.39 is 0 Å².